The molecule has 0 unspecified atom stereocenters. The molecule has 3 aliphatic rings. The molecule has 22 heavy (non-hydrogen) atoms. The van der Waals surface area contributed by atoms with Gasteiger partial charge in [-0.2, -0.15) is 0 Å². The lowest BCUT2D eigenvalue weighted by molar-refractivity contribution is 0.245. The topological polar surface area (TPSA) is 38.7 Å². The van der Waals surface area contributed by atoms with Gasteiger partial charge in [0.05, 0.1) is 0 Å². The van der Waals surface area contributed by atoms with Crippen molar-refractivity contribution in [2.75, 3.05) is 0 Å². The summed E-state index contributed by atoms with van der Waals surface area (Å²) in [6.45, 7) is 0. The van der Waals surface area contributed by atoms with Gasteiger partial charge in [-0.05, 0) is 55.1 Å². The van der Waals surface area contributed by atoms with E-state index in [0.717, 1.165) is 0 Å². The van der Waals surface area contributed by atoms with Crippen LogP contribution in [-0.2, 0) is 4.53 Å². The number of nitrogens with zero attached hydrogens (tertiary/aromatic N) is 1. The van der Waals surface area contributed by atoms with E-state index in [2.05, 4.69) is 5.34 Å². The van der Waals surface area contributed by atoms with Gasteiger partial charge < -0.3 is 4.53 Å². The van der Waals surface area contributed by atoms with E-state index in [-0.39, 0.29) is 0 Å². The molecule has 0 aromatic carbocycles. The number of hydrogen-bond donors (Lipinski definition) is 0. The zero-order chi connectivity index (χ0) is 15.3. The molecule has 3 fully saturated rings. The van der Waals surface area contributed by atoms with Crippen LogP contribution in [0.25, 0.3) is 0 Å². The third-order valence-corrected chi connectivity index (χ3v) is 12.9. The van der Waals surface area contributed by atoms with Crippen molar-refractivity contribution in [3.8, 4) is 0 Å². The summed E-state index contributed by atoms with van der Waals surface area (Å²) in [6, 6.07) is 0. The highest BCUT2D eigenvalue weighted by atomic mass is 28.4. The van der Waals surface area contributed by atoms with Crippen molar-refractivity contribution in [2.45, 2.75) is 113 Å². The van der Waals surface area contributed by atoms with Crippen molar-refractivity contribution in [1.82, 2.24) is 0 Å². The fraction of sp³-hybridized carbons (Fsp3) is 1.00. The van der Waals surface area contributed by atoms with Gasteiger partial charge >= 0.3 is 8.32 Å². The van der Waals surface area contributed by atoms with Gasteiger partial charge in [-0.25, -0.2) is 0 Å². The fourth-order valence-electron chi connectivity index (χ4n) is 5.95. The normalized spacial score (nSPS) is 26.7. The lowest BCUT2D eigenvalue weighted by atomic mass is 9.98. The Balaban J connectivity index is 1.89. The predicted molar refractivity (Wildman–Crippen MR) is 93.1 cm³/mol. The first-order chi connectivity index (χ1) is 10.9. The summed E-state index contributed by atoms with van der Waals surface area (Å²) in [7, 11) is -2.07. The van der Waals surface area contributed by atoms with E-state index in [9.17, 15) is 4.91 Å². The Morgan fingerprint density at radius 1 is 0.591 bits per heavy atom. The third-order valence-electron chi connectivity index (χ3n) is 6.93. The third kappa shape index (κ3) is 3.27. The second-order valence-corrected chi connectivity index (χ2v) is 12.4. The van der Waals surface area contributed by atoms with Crippen molar-refractivity contribution in [3.05, 3.63) is 4.91 Å². The zero-order valence-corrected chi connectivity index (χ0v) is 15.1. The van der Waals surface area contributed by atoms with Crippen molar-refractivity contribution in [2.24, 2.45) is 5.34 Å². The SMILES string of the molecule is O=NO[Si](C1CCCCC1)(C1CCCCC1)C1CCCCC1. The summed E-state index contributed by atoms with van der Waals surface area (Å²) in [6.07, 6.45) is 20.1. The minimum atomic E-state index is -2.07. The quantitative estimate of drug-likeness (QED) is 0.323. The van der Waals surface area contributed by atoms with Crippen LogP contribution in [0.4, 0.5) is 0 Å². The lowest BCUT2D eigenvalue weighted by Crippen LogP contribution is -2.52. The second-order valence-electron chi connectivity index (χ2n) is 8.02. The molecule has 0 aromatic heterocycles. The van der Waals surface area contributed by atoms with Crippen LogP contribution in [0.15, 0.2) is 5.34 Å². The number of hydrogen-bond acceptors (Lipinski definition) is 3. The van der Waals surface area contributed by atoms with Crippen molar-refractivity contribution >= 4 is 8.32 Å². The summed E-state index contributed by atoms with van der Waals surface area (Å²) >= 11 is 0. The highest BCUT2D eigenvalue weighted by Gasteiger charge is 2.57. The Labute approximate surface area is 136 Å². The van der Waals surface area contributed by atoms with Gasteiger partial charge in [0.1, 0.15) is 5.34 Å². The highest BCUT2D eigenvalue weighted by Crippen LogP contribution is 2.57. The molecule has 3 rings (SSSR count). The lowest BCUT2D eigenvalue weighted by Gasteiger charge is -2.48. The maximum absolute atomic E-state index is 11.3. The molecule has 0 aromatic rings. The monoisotopic (exact) mass is 323 g/mol. The van der Waals surface area contributed by atoms with Crippen molar-refractivity contribution in [3.63, 3.8) is 0 Å². The maximum Gasteiger partial charge on any atom is 0.301 e. The van der Waals surface area contributed by atoms with Crippen LogP contribution in [0, 0.1) is 4.91 Å². The van der Waals surface area contributed by atoms with Crippen LogP contribution >= 0.6 is 0 Å². The molecule has 3 saturated carbocycles. The molecule has 126 valence electrons. The van der Waals surface area contributed by atoms with Crippen molar-refractivity contribution < 1.29 is 4.53 Å². The van der Waals surface area contributed by atoms with Crippen LogP contribution in [0.1, 0.15) is 96.3 Å². The molecule has 0 amide bonds. The van der Waals surface area contributed by atoms with E-state index in [4.69, 9.17) is 4.53 Å². The maximum atomic E-state index is 11.3. The minimum absolute atomic E-state index is 0.713. The smallest absolute Gasteiger partial charge is 0.301 e. The molecule has 0 saturated heterocycles. The molecule has 0 heterocycles. The number of rotatable bonds is 5. The van der Waals surface area contributed by atoms with Crippen LogP contribution in [0.2, 0.25) is 16.6 Å². The average molecular weight is 324 g/mol. The largest absolute Gasteiger partial charge is 0.423 e. The van der Waals surface area contributed by atoms with Gasteiger partial charge in [0.25, 0.3) is 0 Å². The van der Waals surface area contributed by atoms with Gasteiger partial charge in [0.15, 0.2) is 0 Å². The Kier molecular flexibility index (Phi) is 5.94. The van der Waals surface area contributed by atoms with E-state index in [1.54, 1.807) is 0 Å². The summed E-state index contributed by atoms with van der Waals surface area (Å²) in [4.78, 5) is 11.3. The van der Waals surface area contributed by atoms with Gasteiger partial charge in [-0.3, -0.25) is 0 Å². The van der Waals surface area contributed by atoms with E-state index in [1.165, 1.54) is 96.3 Å². The Bertz CT molecular complexity index is 299. The fourth-order valence-corrected chi connectivity index (χ4v) is 12.5. The molecule has 0 atom stereocenters. The Hall–Kier alpha value is -0.383. The van der Waals surface area contributed by atoms with Crippen LogP contribution in [0.5, 0.6) is 0 Å². The molecule has 0 aliphatic heterocycles. The van der Waals surface area contributed by atoms with E-state index >= 15 is 0 Å². The Morgan fingerprint density at radius 3 is 1.18 bits per heavy atom. The summed E-state index contributed by atoms with van der Waals surface area (Å²) in [5, 5.41) is 3.15. The molecular formula is C18H33NO2Si. The molecule has 0 spiro atoms. The van der Waals surface area contributed by atoms with Crippen LogP contribution in [-0.4, -0.2) is 8.32 Å². The van der Waals surface area contributed by atoms with Gasteiger partial charge in [-0.1, -0.05) is 57.8 Å². The standard InChI is InChI=1S/C18H33NO2Si/c20-19-21-22(16-10-4-1-5-11-16,17-12-6-2-7-13-17)18-14-8-3-9-15-18/h16-18H,1-15H2. The van der Waals surface area contributed by atoms with Crippen LogP contribution < -0.4 is 0 Å². The highest BCUT2D eigenvalue weighted by molar-refractivity contribution is 6.78. The summed E-state index contributed by atoms with van der Waals surface area (Å²) in [5.74, 6) is 0. The van der Waals surface area contributed by atoms with E-state index in [0.29, 0.717) is 16.6 Å². The molecule has 0 radical (unpaired) electrons. The van der Waals surface area contributed by atoms with Crippen molar-refractivity contribution in [1.29, 1.82) is 0 Å². The van der Waals surface area contributed by atoms with Gasteiger partial charge in [0, 0.05) is 0 Å². The summed E-state index contributed by atoms with van der Waals surface area (Å²) in [5.41, 5.74) is 2.14. The van der Waals surface area contributed by atoms with E-state index in [1.807, 2.05) is 0 Å². The summed E-state index contributed by atoms with van der Waals surface area (Å²) < 4.78 is 6.06. The molecular weight excluding hydrogens is 290 g/mol. The molecule has 4 heteroatoms. The minimum Gasteiger partial charge on any atom is -0.423 e. The molecule has 3 aliphatic carbocycles. The predicted octanol–water partition coefficient (Wildman–Crippen LogP) is 6.63. The first-order valence-electron chi connectivity index (χ1n) is 9.88. The molecule has 3 nitrogen and oxygen atoms in total. The van der Waals surface area contributed by atoms with Gasteiger partial charge in [0.2, 0.25) is 0 Å². The zero-order valence-electron chi connectivity index (χ0n) is 14.1. The first kappa shape index (κ1) is 16.5. The van der Waals surface area contributed by atoms with E-state index < -0.39 is 8.32 Å². The average Bonchev–Trinajstić information content (AvgIpc) is 2.62. The first-order valence-corrected chi connectivity index (χ1v) is 12.0. The van der Waals surface area contributed by atoms with Crippen LogP contribution in [0.3, 0.4) is 0 Å². The van der Waals surface area contributed by atoms with Gasteiger partial charge in [-0.15, -0.1) is 4.91 Å². The Morgan fingerprint density at radius 2 is 0.909 bits per heavy atom. The molecule has 0 N–H and O–H groups in total. The second kappa shape index (κ2) is 7.94. The molecule has 0 bridgehead atoms.